The number of fused-ring (bicyclic) bond motifs is 1. The first-order chi connectivity index (χ1) is 13.3. The number of anilines is 1. The number of ether oxygens (including phenoxy) is 1. The summed E-state index contributed by atoms with van der Waals surface area (Å²) in [6.45, 7) is 5.08. The van der Waals surface area contributed by atoms with Crippen LogP contribution in [0.3, 0.4) is 0 Å². The van der Waals surface area contributed by atoms with E-state index in [1.807, 2.05) is 25.1 Å². The van der Waals surface area contributed by atoms with Crippen molar-refractivity contribution in [2.24, 2.45) is 0 Å². The molecule has 140 valence electrons. The minimum Gasteiger partial charge on any atom is -0.497 e. The largest absolute Gasteiger partial charge is 0.497 e. The molecule has 2 heterocycles. The summed E-state index contributed by atoms with van der Waals surface area (Å²) in [5.41, 5.74) is 2.26. The number of nitrogens with one attached hydrogen (secondary N) is 1. The highest BCUT2D eigenvalue weighted by molar-refractivity contribution is 5.92. The number of benzene rings is 2. The van der Waals surface area contributed by atoms with E-state index in [1.54, 1.807) is 7.11 Å². The first-order valence-corrected chi connectivity index (χ1v) is 9.60. The molecule has 1 aliphatic rings. The molecular formula is C22H26N4O. The standard InChI is InChI=1S/C22H26N4O/c1-16-19-7-3-4-8-20(19)22(25-24-16)23-15-21(26-13-5-6-14-26)17-9-11-18(27-2)12-10-17/h3-4,7-12,21H,5-6,13-15H2,1-2H3,(H,23,25). The number of hydrogen-bond donors (Lipinski definition) is 1. The van der Waals surface area contributed by atoms with E-state index in [2.05, 4.69) is 50.7 Å². The van der Waals surface area contributed by atoms with Gasteiger partial charge < -0.3 is 10.1 Å². The van der Waals surface area contributed by atoms with Crippen molar-refractivity contribution in [1.29, 1.82) is 0 Å². The topological polar surface area (TPSA) is 50.3 Å². The Morgan fingerprint density at radius 3 is 2.41 bits per heavy atom. The monoisotopic (exact) mass is 362 g/mol. The Morgan fingerprint density at radius 1 is 1.00 bits per heavy atom. The van der Waals surface area contributed by atoms with Crippen molar-refractivity contribution in [1.82, 2.24) is 15.1 Å². The minimum absolute atomic E-state index is 0.306. The van der Waals surface area contributed by atoms with E-state index in [4.69, 9.17) is 4.74 Å². The first-order valence-electron chi connectivity index (χ1n) is 9.60. The molecule has 1 fully saturated rings. The number of rotatable bonds is 6. The maximum Gasteiger partial charge on any atom is 0.156 e. The van der Waals surface area contributed by atoms with Crippen LogP contribution in [0.1, 0.15) is 30.1 Å². The van der Waals surface area contributed by atoms with Gasteiger partial charge in [-0.3, -0.25) is 4.90 Å². The van der Waals surface area contributed by atoms with Crippen molar-refractivity contribution in [3.05, 3.63) is 59.8 Å². The molecule has 4 rings (SSSR count). The van der Waals surface area contributed by atoms with Crippen LogP contribution in [-0.2, 0) is 0 Å². The summed E-state index contributed by atoms with van der Waals surface area (Å²) in [4.78, 5) is 2.55. The third-order valence-electron chi connectivity index (χ3n) is 5.42. The fourth-order valence-corrected chi connectivity index (χ4v) is 3.90. The van der Waals surface area contributed by atoms with Crippen molar-refractivity contribution in [2.45, 2.75) is 25.8 Å². The quantitative estimate of drug-likeness (QED) is 0.712. The van der Waals surface area contributed by atoms with E-state index in [1.165, 1.54) is 18.4 Å². The van der Waals surface area contributed by atoms with Gasteiger partial charge in [0.2, 0.25) is 0 Å². The summed E-state index contributed by atoms with van der Waals surface area (Å²) in [5.74, 6) is 1.75. The average Bonchev–Trinajstić information content (AvgIpc) is 3.25. The fraction of sp³-hybridized carbons (Fsp3) is 0.364. The molecule has 5 heteroatoms. The summed E-state index contributed by atoms with van der Waals surface area (Å²) in [6.07, 6.45) is 2.53. The Bertz CT molecular complexity index is 904. The molecule has 0 spiro atoms. The summed E-state index contributed by atoms with van der Waals surface area (Å²) in [6, 6.07) is 17.0. The van der Waals surface area contributed by atoms with Crippen LogP contribution in [-0.4, -0.2) is 41.8 Å². The molecular weight excluding hydrogens is 336 g/mol. The maximum absolute atomic E-state index is 5.32. The lowest BCUT2D eigenvalue weighted by molar-refractivity contribution is 0.255. The van der Waals surface area contributed by atoms with E-state index in [0.29, 0.717) is 6.04 Å². The van der Waals surface area contributed by atoms with Gasteiger partial charge in [0.1, 0.15) is 5.75 Å². The smallest absolute Gasteiger partial charge is 0.156 e. The van der Waals surface area contributed by atoms with Gasteiger partial charge in [-0.1, -0.05) is 36.4 Å². The number of methoxy groups -OCH3 is 1. The second-order valence-electron chi connectivity index (χ2n) is 7.09. The molecule has 0 amide bonds. The molecule has 1 atom stereocenters. The minimum atomic E-state index is 0.306. The fourth-order valence-electron chi connectivity index (χ4n) is 3.90. The Labute approximate surface area is 160 Å². The van der Waals surface area contributed by atoms with Gasteiger partial charge in [0, 0.05) is 17.3 Å². The summed E-state index contributed by atoms with van der Waals surface area (Å²) in [7, 11) is 1.70. The second-order valence-corrected chi connectivity index (χ2v) is 7.09. The van der Waals surface area contributed by atoms with Crippen LogP contribution < -0.4 is 10.1 Å². The molecule has 0 saturated carbocycles. The van der Waals surface area contributed by atoms with Gasteiger partial charge in [-0.25, -0.2) is 0 Å². The zero-order valence-electron chi connectivity index (χ0n) is 16.0. The molecule has 0 bridgehead atoms. The summed E-state index contributed by atoms with van der Waals surface area (Å²) in [5, 5.41) is 14.6. The third kappa shape index (κ3) is 3.74. The van der Waals surface area contributed by atoms with Gasteiger partial charge in [-0.15, -0.1) is 5.10 Å². The third-order valence-corrected chi connectivity index (χ3v) is 5.42. The highest BCUT2D eigenvalue weighted by Gasteiger charge is 2.24. The van der Waals surface area contributed by atoms with Gasteiger partial charge in [0.25, 0.3) is 0 Å². The van der Waals surface area contributed by atoms with E-state index in [9.17, 15) is 0 Å². The molecule has 1 unspecified atom stereocenters. The van der Waals surface area contributed by atoms with Gasteiger partial charge in [-0.2, -0.15) is 5.10 Å². The van der Waals surface area contributed by atoms with E-state index < -0.39 is 0 Å². The van der Waals surface area contributed by atoms with Crippen LogP contribution in [0.15, 0.2) is 48.5 Å². The van der Waals surface area contributed by atoms with E-state index in [0.717, 1.165) is 47.7 Å². The SMILES string of the molecule is COc1ccc(C(CNc2nnc(C)c3ccccc23)N2CCCC2)cc1. The Balaban J connectivity index is 1.59. The van der Waals surface area contributed by atoms with Crippen LogP contribution in [0.2, 0.25) is 0 Å². The number of aromatic nitrogens is 2. The predicted octanol–water partition coefficient (Wildman–Crippen LogP) is 4.20. The van der Waals surface area contributed by atoms with Crippen molar-refractivity contribution in [3.8, 4) is 5.75 Å². The molecule has 5 nitrogen and oxygen atoms in total. The van der Waals surface area contributed by atoms with Crippen molar-refractivity contribution >= 4 is 16.6 Å². The molecule has 3 aromatic rings. The van der Waals surface area contributed by atoms with Crippen LogP contribution in [0, 0.1) is 6.92 Å². The molecule has 1 aliphatic heterocycles. The van der Waals surface area contributed by atoms with Gasteiger partial charge in [-0.05, 0) is 50.6 Å². The highest BCUT2D eigenvalue weighted by Crippen LogP contribution is 2.28. The summed E-state index contributed by atoms with van der Waals surface area (Å²) < 4.78 is 5.32. The normalized spacial score (nSPS) is 15.8. The van der Waals surface area contributed by atoms with Crippen molar-refractivity contribution in [2.75, 3.05) is 32.1 Å². The lowest BCUT2D eigenvalue weighted by atomic mass is 10.0. The van der Waals surface area contributed by atoms with Crippen LogP contribution in [0.25, 0.3) is 10.8 Å². The summed E-state index contributed by atoms with van der Waals surface area (Å²) >= 11 is 0. The van der Waals surface area contributed by atoms with Crippen LogP contribution in [0.5, 0.6) is 5.75 Å². The number of nitrogens with zero attached hydrogens (tertiary/aromatic N) is 3. The van der Waals surface area contributed by atoms with Gasteiger partial charge in [0.15, 0.2) is 5.82 Å². The van der Waals surface area contributed by atoms with Gasteiger partial charge in [0.05, 0.1) is 18.8 Å². The molecule has 1 N–H and O–H groups in total. The Hall–Kier alpha value is -2.66. The van der Waals surface area contributed by atoms with Crippen LogP contribution in [0.4, 0.5) is 5.82 Å². The Morgan fingerprint density at radius 2 is 1.70 bits per heavy atom. The first kappa shape index (κ1) is 17.7. The maximum atomic E-state index is 5.32. The zero-order valence-corrected chi connectivity index (χ0v) is 16.0. The molecule has 2 aromatic carbocycles. The highest BCUT2D eigenvalue weighted by atomic mass is 16.5. The predicted molar refractivity (Wildman–Crippen MR) is 109 cm³/mol. The van der Waals surface area contributed by atoms with Crippen LogP contribution >= 0.6 is 0 Å². The molecule has 0 radical (unpaired) electrons. The number of hydrogen-bond acceptors (Lipinski definition) is 5. The number of likely N-dealkylation sites (tertiary alicyclic amines) is 1. The van der Waals surface area contributed by atoms with Gasteiger partial charge >= 0.3 is 0 Å². The second kappa shape index (κ2) is 7.92. The lowest BCUT2D eigenvalue weighted by Gasteiger charge is -2.28. The van der Waals surface area contributed by atoms with E-state index in [-0.39, 0.29) is 0 Å². The van der Waals surface area contributed by atoms with E-state index >= 15 is 0 Å². The lowest BCUT2D eigenvalue weighted by Crippen LogP contribution is -2.31. The molecule has 1 saturated heterocycles. The average molecular weight is 362 g/mol. The van der Waals surface area contributed by atoms with Crippen molar-refractivity contribution < 1.29 is 4.74 Å². The zero-order chi connectivity index (χ0) is 18.6. The Kier molecular flexibility index (Phi) is 5.21. The number of aryl methyl sites for hydroxylation is 1. The molecule has 0 aliphatic carbocycles. The molecule has 27 heavy (non-hydrogen) atoms. The van der Waals surface area contributed by atoms with Crippen molar-refractivity contribution in [3.63, 3.8) is 0 Å². The molecule has 1 aromatic heterocycles.